The Morgan fingerprint density at radius 3 is 2.47 bits per heavy atom. The van der Waals surface area contributed by atoms with Gasteiger partial charge in [-0.3, -0.25) is 0 Å². The van der Waals surface area contributed by atoms with Gasteiger partial charge >= 0.3 is 0 Å². The van der Waals surface area contributed by atoms with E-state index in [4.69, 9.17) is 16.6 Å². The Labute approximate surface area is 233 Å². The molecule has 0 aliphatic heterocycles. The molecule has 9 heteroatoms. The van der Waals surface area contributed by atoms with Gasteiger partial charge in [-0.15, -0.1) is 0 Å². The average Bonchev–Trinajstić information content (AvgIpc) is 2.93. The second kappa shape index (κ2) is 13.7. The van der Waals surface area contributed by atoms with Crippen molar-refractivity contribution < 1.29 is 4.39 Å². The van der Waals surface area contributed by atoms with Crippen molar-refractivity contribution >= 4 is 46.2 Å². The van der Waals surface area contributed by atoms with Gasteiger partial charge in [0.2, 0.25) is 5.95 Å². The van der Waals surface area contributed by atoms with Crippen molar-refractivity contribution in [3.63, 3.8) is 0 Å². The number of fused-ring (bicyclic) bond motifs is 1. The summed E-state index contributed by atoms with van der Waals surface area (Å²) < 4.78 is 17.9. The van der Waals surface area contributed by atoms with Crippen LogP contribution in [0.15, 0.2) is 59.8 Å². The molecule has 6 nitrogen and oxygen atoms in total. The smallest absolute Gasteiger partial charge is 0.223 e. The Bertz CT molecular complexity index is 1360. The first kappa shape index (κ1) is 28.1. The molecule has 2 heterocycles. The number of aromatic nitrogens is 3. The Balaban J connectivity index is 0.00000107. The Morgan fingerprint density at radius 1 is 1.00 bits per heavy atom. The number of nitrogens with zero attached hydrogens (tertiary/aromatic N) is 3. The predicted octanol–water partition coefficient (Wildman–Crippen LogP) is 7.75. The summed E-state index contributed by atoms with van der Waals surface area (Å²) >= 11 is 7.41. The van der Waals surface area contributed by atoms with Gasteiger partial charge < -0.3 is 15.4 Å². The van der Waals surface area contributed by atoms with Crippen molar-refractivity contribution in [2.75, 3.05) is 24.1 Å². The zero-order chi connectivity index (χ0) is 26.9. The number of benzene rings is 2. The number of aryl methyl sites for hydroxylation is 1. The van der Waals surface area contributed by atoms with Crippen LogP contribution in [0.4, 0.5) is 16.2 Å². The van der Waals surface area contributed by atoms with Gasteiger partial charge in [0.25, 0.3) is 0 Å². The van der Waals surface area contributed by atoms with E-state index in [-0.39, 0.29) is 5.82 Å². The van der Waals surface area contributed by atoms with Crippen LogP contribution in [0.1, 0.15) is 44.6 Å². The van der Waals surface area contributed by atoms with Crippen LogP contribution in [0.25, 0.3) is 22.0 Å². The summed E-state index contributed by atoms with van der Waals surface area (Å²) in [4.78, 5) is 14.5. The molecule has 5 rings (SSSR count). The third-order valence-electron chi connectivity index (χ3n) is 6.35. The molecule has 0 radical (unpaired) electrons. The molecule has 1 aliphatic carbocycles. The van der Waals surface area contributed by atoms with E-state index in [2.05, 4.69) is 38.3 Å². The van der Waals surface area contributed by atoms with E-state index < -0.39 is 5.82 Å². The quantitative estimate of drug-likeness (QED) is 0.202. The summed E-state index contributed by atoms with van der Waals surface area (Å²) in [5, 5.41) is 7.80. The van der Waals surface area contributed by atoms with Crippen LogP contribution >= 0.6 is 23.5 Å². The summed E-state index contributed by atoms with van der Waals surface area (Å²) in [5.74, 6) is 0.423. The molecule has 0 saturated heterocycles. The highest BCUT2D eigenvalue weighted by Gasteiger charge is 2.16. The highest BCUT2D eigenvalue weighted by molar-refractivity contribution is 8.00. The van der Waals surface area contributed by atoms with Gasteiger partial charge in [-0.1, -0.05) is 49.9 Å². The van der Waals surface area contributed by atoms with Crippen LogP contribution in [0.3, 0.4) is 0 Å². The zero-order valence-corrected chi connectivity index (χ0v) is 23.6. The molecule has 0 atom stereocenters. The fourth-order valence-electron chi connectivity index (χ4n) is 4.46. The van der Waals surface area contributed by atoms with Crippen molar-refractivity contribution in [2.24, 2.45) is 0 Å². The van der Waals surface area contributed by atoms with Crippen molar-refractivity contribution in [1.82, 2.24) is 20.3 Å². The van der Waals surface area contributed by atoms with E-state index in [0.717, 1.165) is 33.3 Å². The SMILES string of the molecule is CCc1cc(-c2cnc(NSc3ccccc3Cl)c(F)c2)cc2cnc(NC3CCCCC3)nc12.CNC. The molecule has 0 unspecified atom stereocenters. The average molecular weight is 553 g/mol. The molecule has 4 aromatic rings. The first-order valence-corrected chi connectivity index (χ1v) is 14.2. The minimum absolute atomic E-state index is 0.164. The molecular formula is C29H34ClFN6S. The molecular weight excluding hydrogens is 519 g/mol. The fraction of sp³-hybridized carbons (Fsp3) is 0.345. The van der Waals surface area contributed by atoms with Crippen molar-refractivity contribution in [2.45, 2.75) is 56.4 Å². The number of pyridine rings is 1. The molecule has 2 aromatic carbocycles. The number of nitrogens with one attached hydrogen (secondary N) is 3. The second-order valence-electron chi connectivity index (χ2n) is 9.29. The lowest BCUT2D eigenvalue weighted by Gasteiger charge is -2.22. The van der Waals surface area contributed by atoms with Crippen LogP contribution in [0.5, 0.6) is 0 Å². The maximum atomic E-state index is 14.9. The number of anilines is 2. The van der Waals surface area contributed by atoms with Crippen LogP contribution < -0.4 is 15.4 Å². The van der Waals surface area contributed by atoms with Crippen molar-refractivity contribution in [1.29, 1.82) is 0 Å². The van der Waals surface area contributed by atoms with Crippen molar-refractivity contribution in [3.8, 4) is 11.1 Å². The maximum absolute atomic E-state index is 14.9. The summed E-state index contributed by atoms with van der Waals surface area (Å²) in [6.07, 6.45) is 10.5. The minimum Gasteiger partial charge on any atom is -0.351 e. The largest absolute Gasteiger partial charge is 0.351 e. The monoisotopic (exact) mass is 552 g/mol. The lowest BCUT2D eigenvalue weighted by Crippen LogP contribution is -2.23. The van der Waals surface area contributed by atoms with E-state index in [9.17, 15) is 4.39 Å². The van der Waals surface area contributed by atoms with Crippen molar-refractivity contribution in [3.05, 3.63) is 71.3 Å². The molecule has 0 bridgehead atoms. The number of hydrogen-bond acceptors (Lipinski definition) is 7. The minimum atomic E-state index is -0.427. The first-order valence-electron chi connectivity index (χ1n) is 13.0. The summed E-state index contributed by atoms with van der Waals surface area (Å²) in [6, 6.07) is 13.4. The normalized spacial score (nSPS) is 13.6. The van der Waals surface area contributed by atoms with Crippen LogP contribution in [0, 0.1) is 5.82 Å². The molecule has 0 spiro atoms. The summed E-state index contributed by atoms with van der Waals surface area (Å²) in [5.41, 5.74) is 3.63. The van der Waals surface area contributed by atoms with Crippen LogP contribution in [0.2, 0.25) is 5.02 Å². The second-order valence-corrected chi connectivity index (χ2v) is 10.5. The van der Waals surface area contributed by atoms with E-state index >= 15 is 0 Å². The maximum Gasteiger partial charge on any atom is 0.223 e. The predicted molar refractivity (Wildman–Crippen MR) is 159 cm³/mol. The highest BCUT2D eigenvalue weighted by Crippen LogP contribution is 2.32. The van der Waals surface area contributed by atoms with Gasteiger partial charge in [0, 0.05) is 34.3 Å². The molecule has 38 heavy (non-hydrogen) atoms. The van der Waals surface area contributed by atoms with E-state index in [0.29, 0.717) is 22.6 Å². The third-order valence-corrected chi connectivity index (χ3v) is 7.66. The fourth-order valence-corrected chi connectivity index (χ4v) is 5.38. The van der Waals surface area contributed by atoms with Gasteiger partial charge in [-0.25, -0.2) is 19.3 Å². The lowest BCUT2D eigenvalue weighted by atomic mass is 9.96. The van der Waals surface area contributed by atoms with Gasteiger partial charge in [0.1, 0.15) is 0 Å². The summed E-state index contributed by atoms with van der Waals surface area (Å²) in [6.45, 7) is 2.10. The third kappa shape index (κ3) is 7.12. The molecule has 1 saturated carbocycles. The zero-order valence-electron chi connectivity index (χ0n) is 22.0. The van der Waals surface area contributed by atoms with E-state index in [1.807, 2.05) is 44.6 Å². The topological polar surface area (TPSA) is 74.8 Å². The number of halogens is 2. The van der Waals surface area contributed by atoms with Gasteiger partial charge in [-0.2, -0.15) is 0 Å². The standard InChI is InChI=1S/C27H27ClFN5S.C2H7N/c1-2-17-12-18(13-20-16-31-27(33-25(17)20)32-21-8-4-3-5-9-21)19-14-23(29)26(30-15-19)34-35-24-11-7-6-10-22(24)28;1-3-2/h6-7,10-16,21H,2-5,8-9H2,1H3,(H,30,34)(H,31,32,33);3H,1-2H3. The van der Waals surface area contributed by atoms with Gasteiger partial charge in [-0.05, 0) is 86.8 Å². The lowest BCUT2D eigenvalue weighted by molar-refractivity contribution is 0.461. The van der Waals surface area contributed by atoms with Crippen LogP contribution in [-0.4, -0.2) is 35.1 Å². The summed E-state index contributed by atoms with van der Waals surface area (Å²) in [7, 11) is 3.75. The Kier molecular flexibility index (Phi) is 10.1. The molecule has 1 fully saturated rings. The number of rotatable bonds is 7. The van der Waals surface area contributed by atoms with Crippen LogP contribution in [-0.2, 0) is 6.42 Å². The van der Waals surface area contributed by atoms with Gasteiger partial charge in [0.15, 0.2) is 11.6 Å². The molecule has 2 aromatic heterocycles. The van der Waals surface area contributed by atoms with E-state index in [1.54, 1.807) is 12.3 Å². The highest BCUT2D eigenvalue weighted by atomic mass is 35.5. The molecule has 3 N–H and O–H groups in total. The number of hydrogen-bond donors (Lipinski definition) is 3. The Morgan fingerprint density at radius 2 is 1.76 bits per heavy atom. The van der Waals surface area contributed by atoms with E-state index in [1.165, 1.54) is 50.1 Å². The first-order chi connectivity index (χ1) is 18.5. The molecule has 0 amide bonds. The molecule has 1 aliphatic rings. The molecule has 200 valence electrons. The van der Waals surface area contributed by atoms with Gasteiger partial charge in [0.05, 0.1) is 10.5 Å². The Hall–Kier alpha value is -2.94.